The summed E-state index contributed by atoms with van der Waals surface area (Å²) >= 11 is 6.57. The van der Waals surface area contributed by atoms with E-state index in [9.17, 15) is 9.59 Å². The molecule has 4 N–H and O–H groups in total. The maximum Gasteiger partial charge on any atom is 0.223 e. The summed E-state index contributed by atoms with van der Waals surface area (Å²) in [5.74, 6) is 0.475. The maximum absolute atomic E-state index is 12.2. The second-order valence-electron chi connectivity index (χ2n) is 9.89. The van der Waals surface area contributed by atoms with E-state index in [1.54, 1.807) is 19.3 Å². The Balaban J connectivity index is 1.29. The highest BCUT2D eigenvalue weighted by atomic mass is 35.5. The topological polar surface area (TPSA) is 135 Å². The van der Waals surface area contributed by atoms with Crippen LogP contribution in [0, 0.1) is 11.8 Å². The standard InChI is InChI=1S/C24H27ClN8O2/c1-13(34)32-6-3-16(4-7-32)33-12-15(10-28-33)22-29-20-19(18(25)11-27-23(20)30-22)31-24-5-2-14(9-24)8-17(24)21(26)35/h2,5,10-12,14,16-17H,3-4,6-9H2,1H3,(H2,26,35)(H2,27,29,30,31). The van der Waals surface area contributed by atoms with Crippen LogP contribution in [0.15, 0.2) is 30.7 Å². The molecule has 6 rings (SSSR count). The Morgan fingerprint density at radius 1 is 1.29 bits per heavy atom. The number of anilines is 1. The van der Waals surface area contributed by atoms with Gasteiger partial charge in [-0.25, -0.2) is 9.97 Å². The first-order valence-electron chi connectivity index (χ1n) is 11.9. The zero-order chi connectivity index (χ0) is 24.3. The van der Waals surface area contributed by atoms with Crippen LogP contribution in [0.5, 0.6) is 0 Å². The van der Waals surface area contributed by atoms with Crippen molar-refractivity contribution in [2.24, 2.45) is 17.6 Å². The number of halogens is 1. The molecule has 2 amide bonds. The molecule has 3 aliphatic rings. The lowest BCUT2D eigenvalue weighted by molar-refractivity contribution is -0.130. The normalized spacial score (nSPS) is 26.1. The number of likely N-dealkylation sites (tertiary alicyclic amines) is 1. The zero-order valence-corrected chi connectivity index (χ0v) is 20.1. The number of fused-ring (bicyclic) bond motifs is 3. The third-order valence-corrected chi connectivity index (χ3v) is 8.04. The van der Waals surface area contributed by atoms with Crippen molar-refractivity contribution in [1.82, 2.24) is 29.6 Å². The predicted octanol–water partition coefficient (Wildman–Crippen LogP) is 2.89. The number of hydrogen-bond acceptors (Lipinski definition) is 6. The summed E-state index contributed by atoms with van der Waals surface area (Å²) in [6.07, 6.45) is 12.8. The summed E-state index contributed by atoms with van der Waals surface area (Å²) in [7, 11) is 0. The molecule has 0 spiro atoms. The van der Waals surface area contributed by atoms with Gasteiger partial charge < -0.3 is 20.9 Å². The van der Waals surface area contributed by atoms with E-state index in [1.807, 2.05) is 21.9 Å². The molecule has 0 aromatic carbocycles. The van der Waals surface area contributed by atoms with Crippen molar-refractivity contribution in [1.29, 1.82) is 0 Å². The Morgan fingerprint density at radius 2 is 2.09 bits per heavy atom. The zero-order valence-electron chi connectivity index (χ0n) is 19.4. The van der Waals surface area contributed by atoms with Crippen LogP contribution in [0.2, 0.25) is 5.02 Å². The number of nitrogens with zero attached hydrogens (tertiary/aromatic N) is 5. The number of aromatic amines is 1. The van der Waals surface area contributed by atoms with Gasteiger partial charge in [-0.15, -0.1) is 0 Å². The molecule has 4 heterocycles. The van der Waals surface area contributed by atoms with Gasteiger partial charge in [-0.2, -0.15) is 5.10 Å². The van der Waals surface area contributed by atoms with Crippen molar-refractivity contribution in [2.75, 3.05) is 18.4 Å². The Morgan fingerprint density at radius 3 is 2.80 bits per heavy atom. The molecule has 3 unspecified atom stereocenters. The van der Waals surface area contributed by atoms with Gasteiger partial charge in [0.05, 0.1) is 46.2 Å². The fraction of sp³-hybridized carbons (Fsp3) is 0.458. The van der Waals surface area contributed by atoms with Crippen LogP contribution >= 0.6 is 11.6 Å². The number of aromatic nitrogens is 5. The van der Waals surface area contributed by atoms with E-state index in [0.717, 1.165) is 44.3 Å². The average molecular weight is 495 g/mol. The van der Waals surface area contributed by atoms with Gasteiger partial charge in [0.25, 0.3) is 0 Å². The van der Waals surface area contributed by atoms with Crippen molar-refractivity contribution >= 4 is 40.3 Å². The van der Waals surface area contributed by atoms with Crippen LogP contribution in [-0.2, 0) is 9.59 Å². The molecule has 10 nitrogen and oxygen atoms in total. The van der Waals surface area contributed by atoms with E-state index in [0.29, 0.717) is 33.6 Å². The highest BCUT2D eigenvalue weighted by Crippen LogP contribution is 2.49. The molecule has 2 bridgehead atoms. The number of hydrogen-bond donors (Lipinski definition) is 3. The molecule has 2 fully saturated rings. The summed E-state index contributed by atoms with van der Waals surface area (Å²) < 4.78 is 1.96. The third kappa shape index (κ3) is 3.67. The molecule has 35 heavy (non-hydrogen) atoms. The summed E-state index contributed by atoms with van der Waals surface area (Å²) in [6, 6.07) is 0.239. The number of allylic oxidation sites excluding steroid dienone is 1. The molecule has 3 aromatic rings. The van der Waals surface area contributed by atoms with E-state index in [-0.39, 0.29) is 23.8 Å². The van der Waals surface area contributed by atoms with Gasteiger partial charge in [-0.1, -0.05) is 23.8 Å². The first kappa shape index (κ1) is 22.1. The summed E-state index contributed by atoms with van der Waals surface area (Å²) in [5.41, 5.74) is 7.85. The monoisotopic (exact) mass is 494 g/mol. The average Bonchev–Trinajstić information content (AvgIpc) is 3.63. The number of pyridine rings is 1. The molecule has 182 valence electrons. The van der Waals surface area contributed by atoms with Gasteiger partial charge in [0.2, 0.25) is 11.8 Å². The van der Waals surface area contributed by atoms with Crippen LogP contribution in [0.25, 0.3) is 22.6 Å². The molecule has 1 saturated heterocycles. The van der Waals surface area contributed by atoms with Crippen molar-refractivity contribution in [3.63, 3.8) is 0 Å². The number of nitrogens with two attached hydrogens (primary N) is 1. The van der Waals surface area contributed by atoms with Gasteiger partial charge in [0.15, 0.2) is 5.65 Å². The summed E-state index contributed by atoms with van der Waals surface area (Å²) in [4.78, 5) is 38.2. The van der Waals surface area contributed by atoms with Gasteiger partial charge >= 0.3 is 0 Å². The Kier molecular flexibility index (Phi) is 5.10. The Bertz CT molecular complexity index is 1350. The van der Waals surface area contributed by atoms with E-state index >= 15 is 0 Å². The number of piperidine rings is 1. The largest absolute Gasteiger partial charge is 0.372 e. The SMILES string of the molecule is CC(=O)N1CCC(n2cc(-c3nc4c(NC56C=CC(CC5C(N)=O)C6)c(Cl)cnc4[nH]3)cn2)CC1. The van der Waals surface area contributed by atoms with Crippen molar-refractivity contribution in [3.05, 3.63) is 35.8 Å². The van der Waals surface area contributed by atoms with E-state index < -0.39 is 5.54 Å². The van der Waals surface area contributed by atoms with Crippen LogP contribution in [0.1, 0.15) is 38.6 Å². The maximum atomic E-state index is 12.2. The minimum absolute atomic E-state index is 0.116. The van der Waals surface area contributed by atoms with Crippen LogP contribution < -0.4 is 11.1 Å². The number of carbonyl (C=O) groups excluding carboxylic acids is 2. The van der Waals surface area contributed by atoms with E-state index in [2.05, 4.69) is 26.5 Å². The van der Waals surface area contributed by atoms with E-state index in [1.165, 1.54) is 0 Å². The summed E-state index contributed by atoms with van der Waals surface area (Å²) in [6.45, 7) is 3.08. The molecule has 1 saturated carbocycles. The highest BCUT2D eigenvalue weighted by Gasteiger charge is 2.51. The minimum atomic E-state index is -0.562. The molecular formula is C24H27ClN8O2. The van der Waals surface area contributed by atoms with Crippen molar-refractivity contribution < 1.29 is 9.59 Å². The number of imidazole rings is 1. The number of H-pyrrole nitrogens is 1. The molecule has 1 aliphatic heterocycles. The van der Waals surface area contributed by atoms with Gasteiger partial charge in [-0.05, 0) is 31.6 Å². The summed E-state index contributed by atoms with van der Waals surface area (Å²) in [5, 5.41) is 8.53. The fourth-order valence-electron chi connectivity index (χ4n) is 5.89. The van der Waals surface area contributed by atoms with Gasteiger partial charge in [0.1, 0.15) is 11.3 Å². The third-order valence-electron chi connectivity index (χ3n) is 7.75. The number of rotatable bonds is 5. The van der Waals surface area contributed by atoms with Gasteiger partial charge in [0, 0.05) is 26.2 Å². The highest BCUT2D eigenvalue weighted by molar-refractivity contribution is 6.34. The Labute approximate surface area is 206 Å². The smallest absolute Gasteiger partial charge is 0.223 e. The number of primary amides is 1. The number of amides is 2. The lowest BCUT2D eigenvalue weighted by Gasteiger charge is -2.32. The molecule has 3 atom stereocenters. The number of nitrogens with one attached hydrogen (secondary N) is 2. The number of carbonyl (C=O) groups is 2. The molecular weight excluding hydrogens is 468 g/mol. The predicted molar refractivity (Wildman–Crippen MR) is 132 cm³/mol. The quantitative estimate of drug-likeness (QED) is 0.467. The van der Waals surface area contributed by atoms with Crippen LogP contribution in [-0.4, -0.2) is 60.1 Å². The van der Waals surface area contributed by atoms with Crippen LogP contribution in [0.4, 0.5) is 5.69 Å². The van der Waals surface area contributed by atoms with Crippen molar-refractivity contribution in [3.8, 4) is 11.4 Å². The van der Waals surface area contributed by atoms with Crippen LogP contribution in [0.3, 0.4) is 0 Å². The lowest BCUT2D eigenvalue weighted by atomic mass is 9.85. The molecule has 3 aromatic heterocycles. The van der Waals surface area contributed by atoms with E-state index in [4.69, 9.17) is 22.3 Å². The minimum Gasteiger partial charge on any atom is -0.372 e. The van der Waals surface area contributed by atoms with Crippen molar-refractivity contribution in [2.45, 2.75) is 44.2 Å². The van der Waals surface area contributed by atoms with Gasteiger partial charge in [-0.3, -0.25) is 14.3 Å². The molecule has 0 radical (unpaired) electrons. The lowest BCUT2D eigenvalue weighted by Crippen LogP contribution is -2.45. The second-order valence-corrected chi connectivity index (χ2v) is 10.3. The molecule has 11 heteroatoms. The first-order valence-corrected chi connectivity index (χ1v) is 12.3. The first-order chi connectivity index (χ1) is 16.8. The fourth-order valence-corrected chi connectivity index (χ4v) is 6.07. The molecule has 2 aliphatic carbocycles. The Hall–Kier alpha value is -3.40. The second kappa shape index (κ2) is 8.08.